The van der Waals surface area contributed by atoms with Crippen LogP contribution in [0.15, 0.2) is 0 Å². The third kappa shape index (κ3) is 509. The molecule has 0 aromatic carbocycles. The Hall–Kier alpha value is 1.41. The van der Waals surface area contributed by atoms with E-state index in [0.717, 1.165) is 0 Å². The minimum absolute atomic E-state index is 0. The summed E-state index contributed by atoms with van der Waals surface area (Å²) < 4.78 is 0. The van der Waals surface area contributed by atoms with Gasteiger partial charge in [0.05, 0.1) is 0 Å². The first-order chi connectivity index (χ1) is 3.46. The van der Waals surface area contributed by atoms with Crippen molar-refractivity contribution < 1.29 is 80.5 Å². The second kappa shape index (κ2) is 22.5. The van der Waals surface area contributed by atoms with Crippen molar-refractivity contribution in [2.45, 2.75) is 0 Å². The van der Waals surface area contributed by atoms with Crippen LogP contribution in [-0.4, -0.2) is 44.8 Å². The van der Waals surface area contributed by atoms with Gasteiger partial charge in [-0.1, -0.05) is 0 Å². The Balaban J connectivity index is -0.0000000171. The maximum Gasteiger partial charge on any atom is 0.631 e. The SMILES string of the molecule is OB(O)O.OB(O)O.[Co].[Co].[Co]. The first kappa shape index (κ1) is 29.4. The van der Waals surface area contributed by atoms with E-state index < -0.39 is 14.6 Å². The number of hydrogen-bond donors (Lipinski definition) is 6. The topological polar surface area (TPSA) is 121 Å². The Labute approximate surface area is 95.0 Å². The van der Waals surface area contributed by atoms with E-state index in [-0.39, 0.29) is 50.3 Å². The fourth-order valence-corrected chi connectivity index (χ4v) is 0. The van der Waals surface area contributed by atoms with Crippen LogP contribution in [-0.2, 0) is 50.3 Å². The summed E-state index contributed by atoms with van der Waals surface area (Å²) in [5, 5.41) is 43.0. The predicted octanol–water partition coefficient (Wildman–Crippen LogP) is -4.11. The van der Waals surface area contributed by atoms with Gasteiger partial charge in [-0.25, -0.2) is 0 Å². The number of hydrogen-bond acceptors (Lipinski definition) is 6. The van der Waals surface area contributed by atoms with Crippen LogP contribution in [0.1, 0.15) is 0 Å². The molecule has 0 aliphatic carbocycles. The third-order valence-electron chi connectivity index (χ3n) is 0. The molecule has 0 unspecified atom stereocenters. The van der Waals surface area contributed by atoms with E-state index in [2.05, 4.69) is 0 Å². The summed E-state index contributed by atoms with van der Waals surface area (Å²) in [4.78, 5) is 0. The Morgan fingerprint density at radius 2 is 0.455 bits per heavy atom. The van der Waals surface area contributed by atoms with Crippen molar-refractivity contribution >= 4 is 14.6 Å². The Bertz CT molecular complexity index is 31.3. The summed E-state index contributed by atoms with van der Waals surface area (Å²) in [6.07, 6.45) is 0. The van der Waals surface area contributed by atoms with Crippen LogP contribution in [0.5, 0.6) is 0 Å². The van der Waals surface area contributed by atoms with E-state index in [4.69, 9.17) is 30.1 Å². The molecule has 6 nitrogen and oxygen atoms in total. The van der Waals surface area contributed by atoms with Crippen molar-refractivity contribution in [1.82, 2.24) is 0 Å². The fraction of sp³-hybridized carbons (Fsp3) is 0. The Kier molecular flexibility index (Phi) is 60.2. The summed E-state index contributed by atoms with van der Waals surface area (Å²) in [5.41, 5.74) is 0. The summed E-state index contributed by atoms with van der Waals surface area (Å²) in [5.74, 6) is 0. The molecule has 0 heterocycles. The summed E-state index contributed by atoms with van der Waals surface area (Å²) >= 11 is 0. The van der Waals surface area contributed by atoms with Crippen molar-refractivity contribution in [1.29, 1.82) is 0 Å². The molecule has 0 bridgehead atoms. The molecule has 0 amide bonds. The van der Waals surface area contributed by atoms with Crippen molar-refractivity contribution in [2.75, 3.05) is 0 Å². The van der Waals surface area contributed by atoms with E-state index in [1.807, 2.05) is 0 Å². The fourth-order valence-electron chi connectivity index (χ4n) is 0. The van der Waals surface area contributed by atoms with Gasteiger partial charge < -0.3 is 30.1 Å². The predicted molar refractivity (Wildman–Crippen MR) is 24.8 cm³/mol. The molecule has 0 fully saturated rings. The molecule has 0 spiro atoms. The largest absolute Gasteiger partial charge is 0.631 e. The van der Waals surface area contributed by atoms with Gasteiger partial charge in [0.1, 0.15) is 0 Å². The molecule has 0 aliphatic heterocycles. The average Bonchev–Trinajstić information content (AvgIpc) is 1.25. The van der Waals surface area contributed by atoms with Crippen molar-refractivity contribution in [3.8, 4) is 0 Å². The van der Waals surface area contributed by atoms with Gasteiger partial charge in [0, 0.05) is 50.3 Å². The first-order valence-corrected chi connectivity index (χ1v) is 1.55. The smallest absolute Gasteiger partial charge is 0.402 e. The van der Waals surface area contributed by atoms with Crippen LogP contribution < -0.4 is 0 Å². The van der Waals surface area contributed by atoms with Crippen molar-refractivity contribution in [3.05, 3.63) is 0 Å². The molecule has 75 valence electrons. The molecular weight excluding hydrogens is 294 g/mol. The van der Waals surface area contributed by atoms with Gasteiger partial charge in [-0.05, 0) is 0 Å². The van der Waals surface area contributed by atoms with Gasteiger partial charge in [-0.15, -0.1) is 0 Å². The molecule has 11 heavy (non-hydrogen) atoms. The second-order valence-corrected chi connectivity index (χ2v) is 0.693. The summed E-state index contributed by atoms with van der Waals surface area (Å²) in [6, 6.07) is 0. The maximum atomic E-state index is 7.17. The van der Waals surface area contributed by atoms with Crippen molar-refractivity contribution in [2.24, 2.45) is 0 Å². The normalized spacial score (nSPS) is 4.91. The van der Waals surface area contributed by atoms with Crippen LogP contribution in [0, 0.1) is 0 Å². The molecule has 0 aromatic heterocycles. The zero-order valence-electron chi connectivity index (χ0n) is 4.84. The standard InChI is InChI=1S/2BH3O3.3Co/c2*2-1(3)4;;;/h2*2-4H;;;. The zero-order chi connectivity index (χ0) is 7.15. The van der Waals surface area contributed by atoms with Crippen LogP contribution in [0.25, 0.3) is 0 Å². The van der Waals surface area contributed by atoms with E-state index in [0.29, 0.717) is 0 Å². The van der Waals surface area contributed by atoms with Gasteiger partial charge in [-0.3, -0.25) is 0 Å². The first-order valence-electron chi connectivity index (χ1n) is 1.55. The minimum atomic E-state index is -2.17. The van der Waals surface area contributed by atoms with Crippen LogP contribution in [0.3, 0.4) is 0 Å². The molecule has 0 aromatic rings. The molecule has 0 aliphatic rings. The molecule has 0 atom stereocenters. The quantitative estimate of drug-likeness (QED) is 0.253. The second-order valence-electron chi connectivity index (χ2n) is 0.693. The monoisotopic (exact) mass is 301 g/mol. The molecular formula is H6B2Co3O6. The van der Waals surface area contributed by atoms with Gasteiger partial charge >= 0.3 is 14.6 Å². The van der Waals surface area contributed by atoms with Gasteiger partial charge in [0.2, 0.25) is 0 Å². The van der Waals surface area contributed by atoms with Crippen LogP contribution in [0.4, 0.5) is 0 Å². The van der Waals surface area contributed by atoms with Crippen molar-refractivity contribution in [3.63, 3.8) is 0 Å². The van der Waals surface area contributed by atoms with E-state index in [1.54, 1.807) is 0 Å². The summed E-state index contributed by atoms with van der Waals surface area (Å²) in [7, 11) is -4.33. The van der Waals surface area contributed by atoms with Gasteiger partial charge in [0.25, 0.3) is 0 Å². The zero-order valence-corrected chi connectivity index (χ0v) is 7.96. The maximum absolute atomic E-state index is 7.17. The molecule has 11 heteroatoms. The third-order valence-corrected chi connectivity index (χ3v) is 0. The van der Waals surface area contributed by atoms with Crippen LogP contribution >= 0.6 is 0 Å². The minimum Gasteiger partial charge on any atom is -0.402 e. The molecule has 6 N–H and O–H groups in total. The molecule has 0 saturated carbocycles. The van der Waals surface area contributed by atoms with E-state index in [9.17, 15) is 0 Å². The Morgan fingerprint density at radius 3 is 0.455 bits per heavy atom. The Morgan fingerprint density at radius 1 is 0.455 bits per heavy atom. The molecule has 0 saturated heterocycles. The molecule has 3 radical (unpaired) electrons. The molecule has 0 rings (SSSR count). The summed E-state index contributed by atoms with van der Waals surface area (Å²) in [6.45, 7) is 0. The van der Waals surface area contributed by atoms with E-state index >= 15 is 0 Å². The number of rotatable bonds is 0. The van der Waals surface area contributed by atoms with Gasteiger partial charge in [0.15, 0.2) is 0 Å². The van der Waals surface area contributed by atoms with E-state index in [1.165, 1.54) is 0 Å². The van der Waals surface area contributed by atoms with Gasteiger partial charge in [-0.2, -0.15) is 0 Å². The van der Waals surface area contributed by atoms with Crippen LogP contribution in [0.2, 0.25) is 0 Å². The average molecular weight is 300 g/mol.